The van der Waals surface area contributed by atoms with E-state index in [1.54, 1.807) is 11.8 Å². The summed E-state index contributed by atoms with van der Waals surface area (Å²) in [6.07, 6.45) is 4.42. The number of hydrogen-bond donors (Lipinski definition) is 1. The Labute approximate surface area is 122 Å². The quantitative estimate of drug-likeness (QED) is 0.808. The van der Waals surface area contributed by atoms with Gasteiger partial charge in [-0.25, -0.2) is 0 Å². The Morgan fingerprint density at radius 3 is 3.11 bits per heavy atom. The lowest BCUT2D eigenvalue weighted by atomic mass is 9.80. The zero-order valence-electron chi connectivity index (χ0n) is 10.9. The zero-order chi connectivity index (χ0) is 13.5. The van der Waals surface area contributed by atoms with Gasteiger partial charge in [0, 0.05) is 17.4 Å². The molecule has 0 aromatic heterocycles. The lowest BCUT2D eigenvalue weighted by Crippen LogP contribution is -2.37. The highest BCUT2D eigenvalue weighted by Gasteiger charge is 2.31. The molecule has 19 heavy (non-hydrogen) atoms. The molecule has 0 radical (unpaired) electrons. The summed E-state index contributed by atoms with van der Waals surface area (Å²) in [5, 5.41) is 11.3. The summed E-state index contributed by atoms with van der Waals surface area (Å²) in [4.78, 5) is 16.5. The highest BCUT2D eigenvalue weighted by molar-refractivity contribution is 8.39. The van der Waals surface area contributed by atoms with Gasteiger partial charge in [0.1, 0.15) is 10.9 Å². The van der Waals surface area contributed by atoms with Crippen LogP contribution < -0.4 is 5.32 Å². The van der Waals surface area contributed by atoms with Crippen LogP contribution in [0.15, 0.2) is 4.99 Å². The lowest BCUT2D eigenvalue weighted by Gasteiger charge is -2.30. The Morgan fingerprint density at radius 2 is 2.37 bits per heavy atom. The zero-order valence-corrected chi connectivity index (χ0v) is 12.6. The molecule has 104 valence electrons. The number of rotatable bonds is 4. The maximum Gasteiger partial charge on any atom is 0.224 e. The molecule has 0 saturated heterocycles. The van der Waals surface area contributed by atoms with Crippen LogP contribution in [0.3, 0.4) is 0 Å². The highest BCUT2D eigenvalue weighted by Crippen LogP contribution is 2.34. The maximum atomic E-state index is 12.1. The molecule has 1 fully saturated rings. The molecule has 1 aliphatic carbocycles. The van der Waals surface area contributed by atoms with Gasteiger partial charge in [-0.15, -0.1) is 0 Å². The Bertz CT molecular complexity index is 392. The third-order valence-electron chi connectivity index (χ3n) is 3.57. The average molecular weight is 297 g/mol. The van der Waals surface area contributed by atoms with Crippen LogP contribution in [0.5, 0.6) is 0 Å². The summed E-state index contributed by atoms with van der Waals surface area (Å²) in [6, 6.07) is 1.97. The summed E-state index contributed by atoms with van der Waals surface area (Å²) >= 11 is 3.63. The summed E-state index contributed by atoms with van der Waals surface area (Å²) < 4.78 is 1.18. The van der Waals surface area contributed by atoms with Gasteiger partial charge < -0.3 is 5.32 Å². The van der Waals surface area contributed by atoms with Crippen LogP contribution in [0.1, 0.15) is 25.7 Å². The third kappa shape index (κ3) is 4.43. The Hall–Kier alpha value is -0.670. The van der Waals surface area contributed by atoms with Gasteiger partial charge >= 0.3 is 0 Å². The fourth-order valence-corrected chi connectivity index (χ4v) is 4.86. The second-order valence-electron chi connectivity index (χ2n) is 4.83. The van der Waals surface area contributed by atoms with Gasteiger partial charge in [0.15, 0.2) is 0 Å². The van der Waals surface area contributed by atoms with Crippen molar-refractivity contribution in [3.63, 3.8) is 0 Å². The van der Waals surface area contributed by atoms with Gasteiger partial charge in [-0.05, 0) is 18.8 Å². The van der Waals surface area contributed by atoms with Crippen molar-refractivity contribution in [3.05, 3.63) is 0 Å². The Balaban J connectivity index is 1.84. The largest absolute Gasteiger partial charge is 0.343 e. The molecule has 0 aromatic carbocycles. The van der Waals surface area contributed by atoms with Crippen LogP contribution in [0.25, 0.3) is 0 Å². The Kier molecular flexibility index (Phi) is 6.05. The van der Waals surface area contributed by atoms with Crippen molar-refractivity contribution in [2.45, 2.75) is 25.7 Å². The topological polar surface area (TPSA) is 65.2 Å². The van der Waals surface area contributed by atoms with Crippen molar-refractivity contribution in [2.75, 3.05) is 24.6 Å². The van der Waals surface area contributed by atoms with E-state index in [1.165, 1.54) is 10.8 Å². The monoisotopic (exact) mass is 297 g/mol. The first kappa shape index (κ1) is 14.7. The van der Waals surface area contributed by atoms with Crippen LogP contribution >= 0.6 is 23.5 Å². The first-order valence-corrected chi connectivity index (χ1v) is 8.73. The standard InChI is InChI=1S/C13H19N3OS2/c14-5-6-15-12(17)11-4-2-1-3-10(11)9-19-13-16-7-8-18-13/h10-11H,1-4,6-9H2,(H,15,17). The number of nitrogens with one attached hydrogen (secondary N) is 1. The molecule has 2 unspecified atom stereocenters. The molecule has 1 amide bonds. The lowest BCUT2D eigenvalue weighted by molar-refractivity contribution is -0.127. The fourth-order valence-electron chi connectivity index (χ4n) is 2.59. The predicted molar refractivity (Wildman–Crippen MR) is 81.3 cm³/mol. The van der Waals surface area contributed by atoms with Crippen molar-refractivity contribution in [3.8, 4) is 6.07 Å². The van der Waals surface area contributed by atoms with Crippen molar-refractivity contribution < 1.29 is 4.79 Å². The number of nitriles is 1. The molecular weight excluding hydrogens is 278 g/mol. The molecule has 1 N–H and O–H groups in total. The van der Waals surface area contributed by atoms with Crippen molar-refractivity contribution in [2.24, 2.45) is 16.8 Å². The molecule has 0 aromatic rings. The van der Waals surface area contributed by atoms with E-state index < -0.39 is 0 Å². The van der Waals surface area contributed by atoms with E-state index in [1.807, 2.05) is 17.8 Å². The van der Waals surface area contributed by atoms with Crippen molar-refractivity contribution >= 4 is 33.8 Å². The van der Waals surface area contributed by atoms with E-state index in [2.05, 4.69) is 10.3 Å². The van der Waals surface area contributed by atoms with Crippen molar-refractivity contribution in [1.29, 1.82) is 5.26 Å². The van der Waals surface area contributed by atoms with Gasteiger partial charge in [-0.3, -0.25) is 9.79 Å². The fraction of sp³-hybridized carbons (Fsp3) is 0.769. The molecular formula is C13H19N3OS2. The van der Waals surface area contributed by atoms with E-state index in [9.17, 15) is 4.79 Å². The number of carbonyl (C=O) groups is 1. The molecule has 0 spiro atoms. The SMILES string of the molecule is N#CCNC(=O)C1CCCCC1CSC1=NCCS1. The Morgan fingerprint density at radius 1 is 1.53 bits per heavy atom. The van der Waals surface area contributed by atoms with Crippen LogP contribution in [0.4, 0.5) is 0 Å². The van der Waals surface area contributed by atoms with Crippen molar-refractivity contribution in [1.82, 2.24) is 5.32 Å². The summed E-state index contributed by atoms with van der Waals surface area (Å²) in [6.45, 7) is 1.06. The molecule has 4 nitrogen and oxygen atoms in total. The molecule has 0 bridgehead atoms. The second-order valence-corrected chi connectivity index (χ2v) is 7.18. The first-order chi connectivity index (χ1) is 9.31. The molecule has 2 atom stereocenters. The predicted octanol–water partition coefficient (Wildman–Crippen LogP) is 2.27. The van der Waals surface area contributed by atoms with E-state index in [4.69, 9.17) is 5.26 Å². The summed E-state index contributed by atoms with van der Waals surface area (Å²) in [5.41, 5.74) is 0. The number of hydrogen-bond acceptors (Lipinski definition) is 5. The molecule has 1 aliphatic heterocycles. The minimum Gasteiger partial charge on any atom is -0.343 e. The van der Waals surface area contributed by atoms with E-state index in [0.717, 1.165) is 37.3 Å². The van der Waals surface area contributed by atoms with Crippen LogP contribution in [0.2, 0.25) is 0 Å². The van der Waals surface area contributed by atoms with Gasteiger partial charge in [-0.1, -0.05) is 36.4 Å². The van der Waals surface area contributed by atoms with E-state index in [-0.39, 0.29) is 18.4 Å². The summed E-state index contributed by atoms with van der Waals surface area (Å²) in [5.74, 6) is 2.66. The highest BCUT2D eigenvalue weighted by atomic mass is 32.2. The van der Waals surface area contributed by atoms with Gasteiger partial charge in [0.25, 0.3) is 0 Å². The summed E-state index contributed by atoms with van der Waals surface area (Å²) in [7, 11) is 0. The average Bonchev–Trinajstić information content (AvgIpc) is 2.96. The number of nitrogens with zero attached hydrogens (tertiary/aromatic N) is 2. The molecule has 2 rings (SSSR count). The van der Waals surface area contributed by atoms with E-state index in [0.29, 0.717) is 5.92 Å². The van der Waals surface area contributed by atoms with Gasteiger partial charge in [0.05, 0.1) is 12.6 Å². The first-order valence-electron chi connectivity index (χ1n) is 6.76. The van der Waals surface area contributed by atoms with Gasteiger partial charge in [0.2, 0.25) is 5.91 Å². The number of thioether (sulfide) groups is 2. The molecule has 1 saturated carbocycles. The van der Waals surface area contributed by atoms with E-state index >= 15 is 0 Å². The maximum absolute atomic E-state index is 12.1. The minimum atomic E-state index is 0.0628. The van der Waals surface area contributed by atoms with Gasteiger partial charge in [-0.2, -0.15) is 5.26 Å². The number of amides is 1. The second kappa shape index (κ2) is 7.81. The van der Waals surface area contributed by atoms with Crippen LogP contribution in [-0.2, 0) is 4.79 Å². The molecule has 1 heterocycles. The number of carbonyl (C=O) groups excluding carboxylic acids is 1. The molecule has 6 heteroatoms. The normalized spacial score (nSPS) is 26.6. The smallest absolute Gasteiger partial charge is 0.224 e. The molecule has 2 aliphatic rings. The van der Waals surface area contributed by atoms with Crippen LogP contribution in [0, 0.1) is 23.2 Å². The van der Waals surface area contributed by atoms with Crippen LogP contribution in [-0.4, -0.2) is 34.9 Å². The third-order valence-corrected chi connectivity index (χ3v) is 6.01. The minimum absolute atomic E-state index is 0.0628. The number of aliphatic imine (C=N–C) groups is 1.